The zero-order valence-corrected chi connectivity index (χ0v) is 12.6. The van der Waals surface area contributed by atoms with Crippen LogP contribution in [0.5, 0.6) is 0 Å². The van der Waals surface area contributed by atoms with Gasteiger partial charge in [-0.15, -0.1) is 0 Å². The van der Waals surface area contributed by atoms with Crippen molar-refractivity contribution in [3.63, 3.8) is 0 Å². The van der Waals surface area contributed by atoms with Crippen LogP contribution in [0.1, 0.15) is 5.56 Å². The predicted molar refractivity (Wildman–Crippen MR) is 83.3 cm³/mol. The maximum Gasteiger partial charge on any atom is 0.437 e. The first-order valence-electron chi connectivity index (χ1n) is 5.66. The van der Waals surface area contributed by atoms with Gasteiger partial charge >= 0.3 is 6.09 Å². The molecule has 0 unspecified atom stereocenters. The first kappa shape index (κ1) is 14.6. The summed E-state index contributed by atoms with van der Waals surface area (Å²) in [6, 6.07) is 14.2. The zero-order chi connectivity index (χ0) is 14.4. The topological polar surface area (TPSA) is 50.7 Å². The molecule has 0 saturated heterocycles. The highest BCUT2D eigenvalue weighted by atomic mass is 79.9. The summed E-state index contributed by atoms with van der Waals surface area (Å²) in [7, 11) is 0. The number of anilines is 1. The maximum absolute atomic E-state index is 11.5. The van der Waals surface area contributed by atoms with E-state index in [4.69, 9.17) is 11.6 Å². The number of halogens is 2. The van der Waals surface area contributed by atoms with Gasteiger partial charge < -0.3 is 0 Å². The molecule has 0 aliphatic carbocycles. The molecule has 6 heteroatoms. The van der Waals surface area contributed by atoms with Gasteiger partial charge in [-0.2, -0.15) is 0 Å². The lowest BCUT2D eigenvalue weighted by Gasteiger charge is -2.02. The van der Waals surface area contributed by atoms with Crippen LogP contribution < -0.4 is 5.32 Å². The summed E-state index contributed by atoms with van der Waals surface area (Å²) in [5.74, 6) is 0. The quantitative estimate of drug-likeness (QED) is 0.494. The summed E-state index contributed by atoms with van der Waals surface area (Å²) in [5, 5.41) is 6.64. The maximum atomic E-state index is 11.5. The summed E-state index contributed by atoms with van der Waals surface area (Å²) in [5.41, 5.74) is 1.37. The minimum atomic E-state index is -0.680. The summed E-state index contributed by atoms with van der Waals surface area (Å²) in [6.07, 6.45) is 0.768. The second-order valence-electron chi connectivity index (χ2n) is 3.80. The van der Waals surface area contributed by atoms with Crippen LogP contribution in [0.25, 0.3) is 0 Å². The minimum absolute atomic E-state index is 0.529. The molecule has 0 saturated carbocycles. The van der Waals surface area contributed by atoms with Gasteiger partial charge in [-0.1, -0.05) is 50.9 Å². The Morgan fingerprint density at radius 3 is 2.70 bits per heavy atom. The Balaban J connectivity index is 1.87. The van der Waals surface area contributed by atoms with Crippen LogP contribution >= 0.6 is 27.5 Å². The molecule has 0 radical (unpaired) electrons. The van der Waals surface area contributed by atoms with E-state index in [-0.39, 0.29) is 0 Å². The lowest BCUT2D eigenvalue weighted by Crippen LogP contribution is -2.10. The Morgan fingerprint density at radius 2 is 2.00 bits per heavy atom. The van der Waals surface area contributed by atoms with Crippen LogP contribution in [0, 0.1) is 0 Å². The fraction of sp³-hybridized carbons (Fsp3) is 0. The van der Waals surface area contributed by atoms with E-state index in [1.54, 1.807) is 24.3 Å². The molecule has 0 aliphatic heterocycles. The fourth-order valence-corrected chi connectivity index (χ4v) is 1.85. The summed E-state index contributed by atoms with van der Waals surface area (Å²) in [4.78, 5) is 16.2. The Bertz CT molecular complexity index is 629. The van der Waals surface area contributed by atoms with Crippen molar-refractivity contribution in [2.24, 2.45) is 5.16 Å². The molecule has 20 heavy (non-hydrogen) atoms. The molecule has 2 aromatic carbocycles. The molecule has 1 amide bonds. The number of nitrogens with one attached hydrogen (secondary N) is 1. The third kappa shape index (κ3) is 4.68. The van der Waals surface area contributed by atoms with Gasteiger partial charge in [0, 0.05) is 15.2 Å². The number of hydrogen-bond donors (Lipinski definition) is 1. The van der Waals surface area contributed by atoms with Crippen LogP contribution in [0.3, 0.4) is 0 Å². The Hall–Kier alpha value is -1.85. The number of benzene rings is 2. The molecule has 2 aromatic rings. The molecule has 0 aromatic heterocycles. The van der Waals surface area contributed by atoms with Gasteiger partial charge in [0.15, 0.2) is 0 Å². The van der Waals surface area contributed by atoms with E-state index in [1.807, 2.05) is 24.3 Å². The van der Waals surface area contributed by atoms with Crippen molar-refractivity contribution in [1.29, 1.82) is 0 Å². The highest BCUT2D eigenvalue weighted by Crippen LogP contribution is 2.15. The standard InChI is InChI=1S/C14H10BrClN2O2/c15-11-6-4-10(5-7-11)9-17-20-14(19)18-13-3-1-2-12(16)8-13/h1-9H,(H,18,19). The lowest BCUT2D eigenvalue weighted by atomic mass is 10.2. The monoisotopic (exact) mass is 352 g/mol. The number of hydrogen-bond acceptors (Lipinski definition) is 3. The third-order valence-corrected chi connectivity index (χ3v) is 3.04. The molecule has 0 aliphatic rings. The van der Waals surface area contributed by atoms with Gasteiger partial charge in [0.25, 0.3) is 0 Å². The number of rotatable bonds is 3. The van der Waals surface area contributed by atoms with Crippen LogP contribution in [-0.4, -0.2) is 12.3 Å². The zero-order valence-electron chi connectivity index (χ0n) is 10.2. The molecule has 0 fully saturated rings. The van der Waals surface area contributed by atoms with Crippen LogP contribution in [0.2, 0.25) is 5.02 Å². The van der Waals surface area contributed by atoms with Gasteiger partial charge in [-0.25, -0.2) is 4.79 Å². The fourth-order valence-electron chi connectivity index (χ4n) is 1.39. The number of oxime groups is 1. The second-order valence-corrected chi connectivity index (χ2v) is 5.15. The van der Waals surface area contributed by atoms with Gasteiger partial charge in [0.2, 0.25) is 0 Å². The van der Waals surface area contributed by atoms with Crippen molar-refractivity contribution in [3.05, 3.63) is 63.6 Å². The highest BCUT2D eigenvalue weighted by Gasteiger charge is 2.02. The Kier molecular flexibility index (Phi) is 5.15. The summed E-state index contributed by atoms with van der Waals surface area (Å²) < 4.78 is 0.967. The van der Waals surface area contributed by atoms with Crippen molar-refractivity contribution in [3.8, 4) is 0 Å². The molecule has 0 heterocycles. The van der Waals surface area contributed by atoms with Crippen LogP contribution in [-0.2, 0) is 4.84 Å². The smallest absolute Gasteiger partial charge is 0.298 e. The van der Waals surface area contributed by atoms with Gasteiger partial charge in [0.1, 0.15) is 0 Å². The van der Waals surface area contributed by atoms with Gasteiger partial charge in [-0.05, 0) is 35.9 Å². The SMILES string of the molecule is O=C(Nc1cccc(Cl)c1)ON=Cc1ccc(Br)cc1. The molecule has 1 N–H and O–H groups in total. The number of amides is 1. The van der Waals surface area contributed by atoms with Crippen molar-refractivity contribution in [1.82, 2.24) is 0 Å². The lowest BCUT2D eigenvalue weighted by molar-refractivity contribution is 0.167. The van der Waals surface area contributed by atoms with Gasteiger partial charge in [-0.3, -0.25) is 10.2 Å². The molecular formula is C14H10BrClN2O2. The predicted octanol–water partition coefficient (Wildman–Crippen LogP) is 4.69. The second kappa shape index (κ2) is 7.07. The van der Waals surface area contributed by atoms with Crippen LogP contribution in [0.4, 0.5) is 10.5 Å². The molecule has 0 spiro atoms. The normalized spacial score (nSPS) is 10.5. The molecule has 2 rings (SSSR count). The first-order valence-corrected chi connectivity index (χ1v) is 6.83. The summed E-state index contributed by atoms with van der Waals surface area (Å²) in [6.45, 7) is 0. The first-order chi connectivity index (χ1) is 9.63. The van der Waals surface area contributed by atoms with E-state index in [1.165, 1.54) is 6.21 Å². The number of carbonyl (C=O) groups is 1. The summed E-state index contributed by atoms with van der Waals surface area (Å²) >= 11 is 9.13. The van der Waals surface area contributed by atoms with Crippen LogP contribution in [0.15, 0.2) is 58.2 Å². The number of nitrogens with zero attached hydrogens (tertiary/aromatic N) is 1. The van der Waals surface area contributed by atoms with Gasteiger partial charge in [0.05, 0.1) is 6.21 Å². The average Bonchev–Trinajstić information content (AvgIpc) is 2.41. The highest BCUT2D eigenvalue weighted by molar-refractivity contribution is 9.10. The minimum Gasteiger partial charge on any atom is -0.298 e. The molecule has 4 nitrogen and oxygen atoms in total. The molecule has 102 valence electrons. The third-order valence-electron chi connectivity index (χ3n) is 2.28. The van der Waals surface area contributed by atoms with E-state index in [9.17, 15) is 4.79 Å². The Morgan fingerprint density at radius 1 is 1.25 bits per heavy atom. The van der Waals surface area contributed by atoms with E-state index in [2.05, 4.69) is 31.2 Å². The molecular weight excluding hydrogens is 344 g/mol. The Labute approximate surface area is 129 Å². The van der Waals surface area contributed by atoms with Crippen molar-refractivity contribution in [2.45, 2.75) is 0 Å². The largest absolute Gasteiger partial charge is 0.437 e. The molecule has 0 bridgehead atoms. The van der Waals surface area contributed by atoms with E-state index < -0.39 is 6.09 Å². The average molecular weight is 354 g/mol. The number of carbonyl (C=O) groups excluding carboxylic acids is 1. The van der Waals surface area contributed by atoms with Crippen molar-refractivity contribution in [2.75, 3.05) is 5.32 Å². The van der Waals surface area contributed by atoms with Crippen molar-refractivity contribution >= 4 is 45.5 Å². The van der Waals surface area contributed by atoms with Crippen molar-refractivity contribution < 1.29 is 9.63 Å². The van der Waals surface area contributed by atoms with E-state index in [0.717, 1.165) is 10.0 Å². The van der Waals surface area contributed by atoms with E-state index in [0.29, 0.717) is 10.7 Å². The van der Waals surface area contributed by atoms with E-state index >= 15 is 0 Å². The molecule has 0 atom stereocenters.